The molecule has 0 bridgehead atoms. The Morgan fingerprint density at radius 2 is 1.85 bits per heavy atom. The Morgan fingerprint density at radius 1 is 1.30 bits per heavy atom. The SMILES string of the molecule is N#CCN(CC#N)S(=O)(=O)c1cc([N+](=O)[O-])ccc1Cl. The summed E-state index contributed by atoms with van der Waals surface area (Å²) in [6.45, 7) is -1.12. The van der Waals surface area contributed by atoms with Crippen LogP contribution < -0.4 is 0 Å². The van der Waals surface area contributed by atoms with Gasteiger partial charge in [0.25, 0.3) is 5.69 Å². The third-order valence-corrected chi connectivity index (χ3v) is 4.51. The van der Waals surface area contributed by atoms with Crippen molar-refractivity contribution in [3.63, 3.8) is 0 Å². The van der Waals surface area contributed by atoms with Gasteiger partial charge in [-0.1, -0.05) is 11.6 Å². The molecule has 0 heterocycles. The first-order chi connectivity index (χ1) is 9.34. The molecule has 1 aromatic rings. The second-order valence-corrected chi connectivity index (χ2v) is 5.77. The molecular formula is C10H7ClN4O4S. The van der Waals surface area contributed by atoms with Crippen LogP contribution in [0.2, 0.25) is 5.02 Å². The quantitative estimate of drug-likeness (QED) is 0.457. The fourth-order valence-electron chi connectivity index (χ4n) is 1.33. The van der Waals surface area contributed by atoms with Crippen LogP contribution in [0.15, 0.2) is 23.1 Å². The number of nitrogens with zero attached hydrogens (tertiary/aromatic N) is 4. The zero-order valence-corrected chi connectivity index (χ0v) is 11.4. The van der Waals surface area contributed by atoms with Crippen molar-refractivity contribution in [2.45, 2.75) is 4.90 Å². The molecule has 104 valence electrons. The molecule has 1 aromatic carbocycles. The number of non-ortho nitro benzene ring substituents is 1. The van der Waals surface area contributed by atoms with Crippen LogP contribution in [-0.4, -0.2) is 30.7 Å². The fraction of sp³-hybridized carbons (Fsp3) is 0.200. The molecule has 20 heavy (non-hydrogen) atoms. The second-order valence-electron chi connectivity index (χ2n) is 3.46. The molecule has 0 saturated carbocycles. The maximum Gasteiger partial charge on any atom is 0.270 e. The van der Waals surface area contributed by atoms with E-state index in [1.165, 1.54) is 0 Å². The summed E-state index contributed by atoms with van der Waals surface area (Å²) in [6, 6.07) is 6.13. The third kappa shape index (κ3) is 3.22. The minimum absolute atomic E-state index is 0.225. The Bertz CT molecular complexity index is 704. The molecule has 0 N–H and O–H groups in total. The molecular weight excluding hydrogens is 308 g/mol. The zero-order valence-electron chi connectivity index (χ0n) is 9.85. The van der Waals surface area contributed by atoms with Gasteiger partial charge in [-0.2, -0.15) is 14.8 Å². The third-order valence-electron chi connectivity index (χ3n) is 2.24. The molecule has 0 atom stereocenters. The maximum atomic E-state index is 12.2. The van der Waals surface area contributed by atoms with Crippen molar-refractivity contribution in [3.8, 4) is 12.1 Å². The summed E-state index contributed by atoms with van der Waals surface area (Å²) in [6.07, 6.45) is 0. The van der Waals surface area contributed by atoms with E-state index in [1.807, 2.05) is 0 Å². The Labute approximate surface area is 119 Å². The number of sulfonamides is 1. The predicted molar refractivity (Wildman–Crippen MR) is 68.1 cm³/mol. The number of hydrogen-bond donors (Lipinski definition) is 0. The van der Waals surface area contributed by atoms with E-state index in [9.17, 15) is 18.5 Å². The van der Waals surface area contributed by atoms with Crippen LogP contribution >= 0.6 is 11.6 Å². The van der Waals surface area contributed by atoms with E-state index in [1.54, 1.807) is 12.1 Å². The van der Waals surface area contributed by atoms with Crippen molar-refractivity contribution >= 4 is 27.3 Å². The normalized spacial score (nSPS) is 10.8. The number of nitro benzene ring substituents is 1. The molecule has 1 rings (SSSR count). The molecule has 0 aliphatic rings. The van der Waals surface area contributed by atoms with Crippen molar-refractivity contribution in [2.24, 2.45) is 0 Å². The lowest BCUT2D eigenvalue weighted by atomic mass is 10.3. The topological polar surface area (TPSA) is 128 Å². The van der Waals surface area contributed by atoms with Gasteiger partial charge in [0.2, 0.25) is 10.0 Å². The van der Waals surface area contributed by atoms with Gasteiger partial charge in [0, 0.05) is 12.1 Å². The average Bonchev–Trinajstić information content (AvgIpc) is 2.38. The number of hydrogen-bond acceptors (Lipinski definition) is 6. The number of nitro groups is 1. The Balaban J connectivity index is 3.41. The molecule has 0 spiro atoms. The Kier molecular flexibility index (Phi) is 5.00. The van der Waals surface area contributed by atoms with Crippen molar-refractivity contribution in [1.82, 2.24) is 4.31 Å². The van der Waals surface area contributed by atoms with E-state index >= 15 is 0 Å². The van der Waals surface area contributed by atoms with Crippen molar-refractivity contribution in [3.05, 3.63) is 33.3 Å². The van der Waals surface area contributed by atoms with Gasteiger partial charge in [-0.3, -0.25) is 10.1 Å². The summed E-state index contributed by atoms with van der Waals surface area (Å²) in [4.78, 5) is 9.38. The highest BCUT2D eigenvalue weighted by Gasteiger charge is 2.28. The lowest BCUT2D eigenvalue weighted by molar-refractivity contribution is -0.385. The molecule has 0 fully saturated rings. The van der Waals surface area contributed by atoms with Crippen molar-refractivity contribution in [2.75, 3.05) is 13.1 Å². The Hall–Kier alpha value is -2.20. The number of halogens is 1. The summed E-state index contributed by atoms with van der Waals surface area (Å²) in [5, 5.41) is 27.6. The van der Waals surface area contributed by atoms with E-state index in [-0.39, 0.29) is 5.02 Å². The smallest absolute Gasteiger partial charge is 0.258 e. The average molecular weight is 315 g/mol. The predicted octanol–water partition coefficient (Wildman–Crippen LogP) is 1.29. The summed E-state index contributed by atoms with van der Waals surface area (Å²) in [7, 11) is -4.26. The van der Waals surface area contributed by atoms with Gasteiger partial charge in [0.1, 0.15) is 18.0 Å². The van der Waals surface area contributed by atoms with E-state index in [4.69, 9.17) is 22.1 Å². The largest absolute Gasteiger partial charge is 0.270 e. The van der Waals surface area contributed by atoms with Gasteiger partial charge in [0.15, 0.2) is 0 Å². The zero-order chi connectivity index (χ0) is 15.3. The molecule has 0 aromatic heterocycles. The minimum Gasteiger partial charge on any atom is -0.258 e. The van der Waals surface area contributed by atoms with Crippen LogP contribution in [0.25, 0.3) is 0 Å². The fourth-order valence-corrected chi connectivity index (χ4v) is 3.05. The van der Waals surface area contributed by atoms with Crippen molar-refractivity contribution in [1.29, 1.82) is 10.5 Å². The highest BCUT2D eigenvalue weighted by molar-refractivity contribution is 7.89. The van der Waals surface area contributed by atoms with E-state index in [0.29, 0.717) is 4.31 Å². The van der Waals surface area contributed by atoms with Crippen LogP contribution in [-0.2, 0) is 10.0 Å². The highest BCUT2D eigenvalue weighted by atomic mass is 35.5. The van der Waals surface area contributed by atoms with Crippen LogP contribution in [0, 0.1) is 32.8 Å². The molecule has 0 unspecified atom stereocenters. The molecule has 0 amide bonds. The Morgan fingerprint density at radius 3 is 2.30 bits per heavy atom. The maximum absolute atomic E-state index is 12.2. The summed E-state index contributed by atoms with van der Waals surface area (Å²) < 4.78 is 25.0. The van der Waals surface area contributed by atoms with E-state index < -0.39 is 38.6 Å². The van der Waals surface area contributed by atoms with Gasteiger partial charge in [-0.15, -0.1) is 0 Å². The van der Waals surface area contributed by atoms with Gasteiger partial charge >= 0.3 is 0 Å². The van der Waals surface area contributed by atoms with Gasteiger partial charge in [-0.25, -0.2) is 8.42 Å². The number of nitriles is 2. The van der Waals surface area contributed by atoms with Crippen LogP contribution in [0.3, 0.4) is 0 Å². The van der Waals surface area contributed by atoms with E-state index in [0.717, 1.165) is 18.2 Å². The van der Waals surface area contributed by atoms with Gasteiger partial charge in [0.05, 0.1) is 22.1 Å². The molecule has 0 aliphatic carbocycles. The molecule has 10 heteroatoms. The number of benzene rings is 1. The molecule has 0 saturated heterocycles. The highest BCUT2D eigenvalue weighted by Crippen LogP contribution is 2.28. The summed E-state index contributed by atoms with van der Waals surface area (Å²) in [5.74, 6) is 0. The first-order valence-electron chi connectivity index (χ1n) is 5.02. The molecule has 8 nitrogen and oxygen atoms in total. The molecule has 0 aliphatic heterocycles. The first kappa shape index (κ1) is 15.9. The molecule has 0 radical (unpaired) electrons. The monoisotopic (exact) mass is 314 g/mol. The first-order valence-corrected chi connectivity index (χ1v) is 6.84. The van der Waals surface area contributed by atoms with E-state index in [2.05, 4.69) is 0 Å². The lowest BCUT2D eigenvalue weighted by Crippen LogP contribution is -2.32. The minimum atomic E-state index is -4.26. The summed E-state index contributed by atoms with van der Waals surface area (Å²) in [5.41, 5.74) is -0.457. The van der Waals surface area contributed by atoms with Crippen LogP contribution in [0.1, 0.15) is 0 Å². The standard InChI is InChI=1S/C10H7ClN4O4S/c11-9-2-1-8(15(16)17)7-10(9)20(18,19)14(5-3-12)6-4-13/h1-2,7H,5-6H2. The second kappa shape index (κ2) is 6.30. The van der Waals surface area contributed by atoms with Crippen molar-refractivity contribution < 1.29 is 13.3 Å². The van der Waals surface area contributed by atoms with Crippen LogP contribution in [0.5, 0.6) is 0 Å². The van der Waals surface area contributed by atoms with Crippen LogP contribution in [0.4, 0.5) is 5.69 Å². The summed E-state index contributed by atoms with van der Waals surface area (Å²) >= 11 is 5.74. The van der Waals surface area contributed by atoms with Gasteiger partial charge < -0.3 is 0 Å². The van der Waals surface area contributed by atoms with Gasteiger partial charge in [-0.05, 0) is 6.07 Å². The lowest BCUT2D eigenvalue weighted by Gasteiger charge is -2.16. The number of rotatable bonds is 5.